The first-order valence-corrected chi connectivity index (χ1v) is 6.69. The molecular formula is C17H14N2O2. The Hall–Kier alpha value is -2.80. The van der Waals surface area contributed by atoms with Gasteiger partial charge in [0.1, 0.15) is 5.75 Å². The van der Waals surface area contributed by atoms with Gasteiger partial charge in [0.2, 0.25) is 0 Å². The Morgan fingerprint density at radius 2 is 2.00 bits per heavy atom. The van der Waals surface area contributed by atoms with E-state index in [4.69, 9.17) is 5.26 Å². The predicted octanol–water partition coefficient (Wildman–Crippen LogP) is 2.73. The summed E-state index contributed by atoms with van der Waals surface area (Å²) in [5, 5.41) is 18.3. The second kappa shape index (κ2) is 4.95. The van der Waals surface area contributed by atoms with Gasteiger partial charge in [0, 0.05) is 18.7 Å². The van der Waals surface area contributed by atoms with Crippen LogP contribution in [0.2, 0.25) is 0 Å². The zero-order chi connectivity index (χ0) is 15.0. The third-order valence-electron chi connectivity index (χ3n) is 3.72. The van der Waals surface area contributed by atoms with E-state index in [2.05, 4.69) is 6.07 Å². The van der Waals surface area contributed by atoms with Gasteiger partial charge in [-0.25, -0.2) is 0 Å². The highest BCUT2D eigenvalue weighted by Crippen LogP contribution is 2.28. The molecule has 1 aliphatic heterocycles. The van der Waals surface area contributed by atoms with Gasteiger partial charge < -0.3 is 10.0 Å². The van der Waals surface area contributed by atoms with Crippen LogP contribution in [0.3, 0.4) is 0 Å². The number of phenols is 1. The summed E-state index contributed by atoms with van der Waals surface area (Å²) < 4.78 is 0. The zero-order valence-electron chi connectivity index (χ0n) is 11.6. The minimum atomic E-state index is 0.0000600. The Kier molecular flexibility index (Phi) is 3.11. The summed E-state index contributed by atoms with van der Waals surface area (Å²) in [5.74, 6) is 0.212. The van der Waals surface area contributed by atoms with E-state index in [-0.39, 0.29) is 11.7 Å². The van der Waals surface area contributed by atoms with E-state index in [9.17, 15) is 9.90 Å². The van der Waals surface area contributed by atoms with Gasteiger partial charge in [-0.2, -0.15) is 5.26 Å². The van der Waals surface area contributed by atoms with Crippen molar-refractivity contribution >= 4 is 5.91 Å². The van der Waals surface area contributed by atoms with Crippen molar-refractivity contribution in [2.24, 2.45) is 0 Å². The maximum Gasteiger partial charge on any atom is 0.255 e. The number of nitrogens with zero attached hydrogens (tertiary/aromatic N) is 2. The van der Waals surface area contributed by atoms with Gasteiger partial charge in [0.15, 0.2) is 0 Å². The topological polar surface area (TPSA) is 64.3 Å². The number of carbonyl (C=O) groups excluding carboxylic acids is 1. The molecule has 0 unspecified atom stereocenters. The van der Waals surface area contributed by atoms with Gasteiger partial charge in [-0.3, -0.25) is 4.79 Å². The number of benzene rings is 2. The molecule has 4 heteroatoms. The average Bonchev–Trinajstić information content (AvgIpc) is 2.78. The van der Waals surface area contributed by atoms with Gasteiger partial charge in [0.25, 0.3) is 5.91 Å². The molecule has 0 aromatic heterocycles. The van der Waals surface area contributed by atoms with Crippen LogP contribution in [0.5, 0.6) is 5.75 Å². The fraction of sp³-hybridized carbons (Fsp3) is 0.176. The maximum absolute atomic E-state index is 12.5. The first kappa shape index (κ1) is 13.2. The molecule has 0 radical (unpaired) electrons. The zero-order valence-corrected chi connectivity index (χ0v) is 11.6. The number of rotatable bonds is 2. The van der Waals surface area contributed by atoms with E-state index in [1.807, 2.05) is 6.92 Å². The SMILES string of the molecule is Cc1cc(C#N)cc2c1C(=O)N(Cc1ccc(O)cc1)C2. The lowest BCUT2D eigenvalue weighted by atomic mass is 10.0. The molecule has 2 aromatic carbocycles. The van der Waals surface area contributed by atoms with Crippen LogP contribution < -0.4 is 0 Å². The van der Waals surface area contributed by atoms with E-state index in [0.717, 1.165) is 16.7 Å². The molecule has 0 saturated heterocycles. The molecule has 2 aromatic rings. The fourth-order valence-corrected chi connectivity index (χ4v) is 2.74. The number of amides is 1. The van der Waals surface area contributed by atoms with Gasteiger partial charge in [-0.15, -0.1) is 0 Å². The molecule has 104 valence electrons. The number of hydrogen-bond acceptors (Lipinski definition) is 3. The average molecular weight is 278 g/mol. The highest BCUT2D eigenvalue weighted by Gasteiger charge is 2.29. The van der Waals surface area contributed by atoms with Crippen molar-refractivity contribution in [2.45, 2.75) is 20.0 Å². The minimum Gasteiger partial charge on any atom is -0.508 e. The summed E-state index contributed by atoms with van der Waals surface area (Å²) in [6.07, 6.45) is 0. The third kappa shape index (κ3) is 2.34. The molecule has 0 bridgehead atoms. The summed E-state index contributed by atoms with van der Waals surface area (Å²) in [6.45, 7) is 2.88. The summed E-state index contributed by atoms with van der Waals surface area (Å²) >= 11 is 0. The third-order valence-corrected chi connectivity index (χ3v) is 3.72. The molecule has 1 aliphatic rings. The summed E-state index contributed by atoms with van der Waals surface area (Å²) in [5.41, 5.74) is 4.03. The van der Waals surface area contributed by atoms with Crippen LogP contribution in [-0.2, 0) is 13.1 Å². The molecule has 1 heterocycles. The van der Waals surface area contributed by atoms with Crippen molar-refractivity contribution in [3.05, 3.63) is 64.2 Å². The first-order valence-electron chi connectivity index (χ1n) is 6.69. The van der Waals surface area contributed by atoms with E-state index < -0.39 is 0 Å². The molecule has 3 rings (SSSR count). The molecule has 1 amide bonds. The molecule has 21 heavy (non-hydrogen) atoms. The number of phenolic OH excluding ortho intramolecular Hbond substituents is 1. The highest BCUT2D eigenvalue weighted by atomic mass is 16.3. The number of nitriles is 1. The van der Waals surface area contributed by atoms with Gasteiger partial charge in [0.05, 0.1) is 11.6 Å². The molecule has 0 fully saturated rings. The monoisotopic (exact) mass is 278 g/mol. The maximum atomic E-state index is 12.5. The Morgan fingerprint density at radius 1 is 1.29 bits per heavy atom. The summed E-state index contributed by atoms with van der Waals surface area (Å²) in [7, 11) is 0. The van der Waals surface area contributed by atoms with Crippen LogP contribution in [0.4, 0.5) is 0 Å². The van der Waals surface area contributed by atoms with Crippen molar-refractivity contribution in [3.63, 3.8) is 0 Å². The molecule has 0 atom stereocenters. The number of carbonyl (C=O) groups is 1. The van der Waals surface area contributed by atoms with E-state index in [0.29, 0.717) is 24.2 Å². The number of fused-ring (bicyclic) bond motifs is 1. The lowest BCUT2D eigenvalue weighted by Crippen LogP contribution is -2.23. The molecule has 1 N–H and O–H groups in total. The van der Waals surface area contributed by atoms with E-state index in [1.54, 1.807) is 41.3 Å². The largest absolute Gasteiger partial charge is 0.508 e. The van der Waals surface area contributed by atoms with Crippen LogP contribution in [0.25, 0.3) is 0 Å². The molecule has 0 aliphatic carbocycles. The minimum absolute atomic E-state index is 0.0000600. The van der Waals surface area contributed by atoms with Crippen molar-refractivity contribution < 1.29 is 9.90 Å². The number of aromatic hydroxyl groups is 1. The van der Waals surface area contributed by atoms with Crippen LogP contribution >= 0.6 is 0 Å². The van der Waals surface area contributed by atoms with Gasteiger partial charge in [-0.1, -0.05) is 12.1 Å². The van der Waals surface area contributed by atoms with Gasteiger partial charge >= 0.3 is 0 Å². The Morgan fingerprint density at radius 3 is 2.67 bits per heavy atom. The molecule has 0 spiro atoms. The number of hydrogen-bond donors (Lipinski definition) is 1. The smallest absolute Gasteiger partial charge is 0.255 e. The Balaban J connectivity index is 1.88. The van der Waals surface area contributed by atoms with Crippen molar-refractivity contribution in [2.75, 3.05) is 0 Å². The van der Waals surface area contributed by atoms with Gasteiger partial charge in [-0.05, 0) is 47.9 Å². The van der Waals surface area contributed by atoms with Crippen LogP contribution in [0.15, 0.2) is 36.4 Å². The molecule has 0 saturated carbocycles. The lowest BCUT2D eigenvalue weighted by molar-refractivity contribution is 0.0766. The highest BCUT2D eigenvalue weighted by molar-refractivity contribution is 5.99. The quantitative estimate of drug-likeness (QED) is 0.918. The fourth-order valence-electron chi connectivity index (χ4n) is 2.74. The summed E-state index contributed by atoms with van der Waals surface area (Å²) in [6, 6.07) is 12.5. The standard InChI is InChI=1S/C17H14N2O2/c1-11-6-13(8-18)7-14-10-19(17(21)16(11)14)9-12-2-4-15(20)5-3-12/h2-7,20H,9-10H2,1H3. The second-order valence-electron chi connectivity index (χ2n) is 5.27. The molecule has 4 nitrogen and oxygen atoms in total. The predicted molar refractivity (Wildman–Crippen MR) is 77.6 cm³/mol. The van der Waals surface area contributed by atoms with E-state index in [1.165, 1.54) is 0 Å². The lowest BCUT2D eigenvalue weighted by Gasteiger charge is -2.15. The first-order chi connectivity index (χ1) is 10.1. The van der Waals surface area contributed by atoms with Crippen LogP contribution in [0, 0.1) is 18.3 Å². The summed E-state index contributed by atoms with van der Waals surface area (Å²) in [4.78, 5) is 14.2. The van der Waals surface area contributed by atoms with Crippen molar-refractivity contribution in [1.82, 2.24) is 4.90 Å². The van der Waals surface area contributed by atoms with E-state index >= 15 is 0 Å². The normalized spacial score (nSPS) is 13.1. The van der Waals surface area contributed by atoms with Crippen LogP contribution in [0.1, 0.15) is 32.6 Å². The van der Waals surface area contributed by atoms with Crippen molar-refractivity contribution in [3.8, 4) is 11.8 Å². The Bertz CT molecular complexity index is 758. The molecular weight excluding hydrogens is 264 g/mol. The van der Waals surface area contributed by atoms with Crippen LogP contribution in [-0.4, -0.2) is 15.9 Å². The Labute approximate surface area is 122 Å². The second-order valence-corrected chi connectivity index (χ2v) is 5.27. The van der Waals surface area contributed by atoms with Crippen molar-refractivity contribution in [1.29, 1.82) is 5.26 Å². The number of aryl methyl sites for hydroxylation is 1.